The normalized spacial score (nSPS) is 22.6. The summed E-state index contributed by atoms with van der Waals surface area (Å²) >= 11 is 0. The van der Waals surface area contributed by atoms with Gasteiger partial charge < -0.3 is 15.4 Å². The highest BCUT2D eigenvalue weighted by Crippen LogP contribution is 2.50. The number of aryl methyl sites for hydroxylation is 1. The summed E-state index contributed by atoms with van der Waals surface area (Å²) in [6.45, 7) is 8.02. The molecule has 2 heterocycles. The van der Waals surface area contributed by atoms with E-state index < -0.39 is 5.41 Å². The standard InChI is InChI=1S/C17H25N3O2/c1-12-5-4-8-19-14(12)22-11-16(2,3)15(21)20-13-9-18-10-17(13)6-7-17/h4-5,8,13,18H,6-7,9-11H2,1-3H3,(H,20,21). The van der Waals surface area contributed by atoms with Gasteiger partial charge in [0.25, 0.3) is 0 Å². The third-order valence-corrected chi connectivity index (χ3v) is 4.91. The molecule has 5 nitrogen and oxygen atoms in total. The first-order chi connectivity index (χ1) is 10.4. The fourth-order valence-corrected chi connectivity index (χ4v) is 2.99. The van der Waals surface area contributed by atoms with Crippen molar-refractivity contribution >= 4 is 5.91 Å². The molecule has 1 saturated heterocycles. The highest BCUT2D eigenvalue weighted by molar-refractivity contribution is 5.82. The van der Waals surface area contributed by atoms with E-state index in [0.29, 0.717) is 17.9 Å². The van der Waals surface area contributed by atoms with Crippen LogP contribution in [-0.4, -0.2) is 36.6 Å². The van der Waals surface area contributed by atoms with Crippen LogP contribution >= 0.6 is 0 Å². The topological polar surface area (TPSA) is 63.2 Å². The molecule has 1 aliphatic heterocycles. The lowest BCUT2D eigenvalue weighted by molar-refractivity contribution is -0.131. The largest absolute Gasteiger partial charge is 0.476 e. The number of ether oxygens (including phenoxy) is 1. The molecule has 5 heteroatoms. The molecule has 0 aromatic carbocycles. The summed E-state index contributed by atoms with van der Waals surface area (Å²) in [5, 5.41) is 6.61. The maximum absolute atomic E-state index is 12.6. The molecule has 3 rings (SSSR count). The summed E-state index contributed by atoms with van der Waals surface area (Å²) < 4.78 is 5.77. The predicted octanol–water partition coefficient (Wildman–Crippen LogP) is 1.66. The first-order valence-electron chi connectivity index (χ1n) is 7.99. The van der Waals surface area contributed by atoms with E-state index in [4.69, 9.17) is 4.74 Å². The Labute approximate surface area is 131 Å². The second-order valence-electron chi connectivity index (χ2n) is 7.32. The van der Waals surface area contributed by atoms with Gasteiger partial charge in [-0.15, -0.1) is 0 Å². The van der Waals surface area contributed by atoms with Crippen molar-refractivity contribution in [1.29, 1.82) is 0 Å². The van der Waals surface area contributed by atoms with Crippen LogP contribution in [0.2, 0.25) is 0 Å². The van der Waals surface area contributed by atoms with E-state index in [0.717, 1.165) is 18.7 Å². The van der Waals surface area contributed by atoms with Crippen LogP contribution in [0.4, 0.5) is 0 Å². The van der Waals surface area contributed by atoms with Gasteiger partial charge in [0.1, 0.15) is 6.61 Å². The van der Waals surface area contributed by atoms with Crippen molar-refractivity contribution in [3.05, 3.63) is 23.9 Å². The fraction of sp³-hybridized carbons (Fsp3) is 0.647. The van der Waals surface area contributed by atoms with Crippen LogP contribution in [0, 0.1) is 17.8 Å². The lowest BCUT2D eigenvalue weighted by Gasteiger charge is -2.28. The summed E-state index contributed by atoms with van der Waals surface area (Å²) in [4.78, 5) is 16.8. The van der Waals surface area contributed by atoms with Gasteiger partial charge in [-0.3, -0.25) is 4.79 Å². The lowest BCUT2D eigenvalue weighted by Crippen LogP contribution is -2.48. The van der Waals surface area contributed by atoms with Gasteiger partial charge >= 0.3 is 0 Å². The van der Waals surface area contributed by atoms with Crippen LogP contribution in [0.3, 0.4) is 0 Å². The van der Waals surface area contributed by atoms with Crippen molar-refractivity contribution in [3.8, 4) is 5.88 Å². The summed E-state index contributed by atoms with van der Waals surface area (Å²) in [6.07, 6.45) is 4.14. The second-order valence-corrected chi connectivity index (χ2v) is 7.32. The van der Waals surface area contributed by atoms with Crippen LogP contribution in [0.5, 0.6) is 5.88 Å². The molecular formula is C17H25N3O2. The molecule has 2 fully saturated rings. The number of amides is 1. The Bertz CT molecular complexity index is 567. The minimum atomic E-state index is -0.581. The van der Waals surface area contributed by atoms with Crippen LogP contribution in [0.15, 0.2) is 18.3 Å². The summed E-state index contributed by atoms with van der Waals surface area (Å²) in [6, 6.07) is 4.09. The Morgan fingerprint density at radius 2 is 2.32 bits per heavy atom. The van der Waals surface area contributed by atoms with Gasteiger partial charge in [0.05, 0.1) is 5.41 Å². The molecule has 1 aliphatic carbocycles. The fourth-order valence-electron chi connectivity index (χ4n) is 2.99. The number of nitrogens with one attached hydrogen (secondary N) is 2. The number of hydrogen-bond donors (Lipinski definition) is 2. The predicted molar refractivity (Wildman–Crippen MR) is 84.7 cm³/mol. The molecule has 1 aromatic heterocycles. The van der Waals surface area contributed by atoms with E-state index in [1.54, 1.807) is 6.20 Å². The summed E-state index contributed by atoms with van der Waals surface area (Å²) in [5.41, 5.74) is 0.725. The molecule has 1 unspecified atom stereocenters. The highest BCUT2D eigenvalue weighted by Gasteiger charge is 2.53. The van der Waals surface area contributed by atoms with Gasteiger partial charge in [-0.05, 0) is 39.7 Å². The average Bonchev–Trinajstić information content (AvgIpc) is 3.15. The SMILES string of the molecule is Cc1cccnc1OCC(C)(C)C(=O)NC1CNCC12CC2. The van der Waals surface area contributed by atoms with Gasteiger partial charge in [-0.25, -0.2) is 4.98 Å². The molecule has 120 valence electrons. The number of carbonyl (C=O) groups is 1. The summed E-state index contributed by atoms with van der Waals surface area (Å²) in [7, 11) is 0. The number of pyridine rings is 1. The molecule has 1 saturated carbocycles. The van der Waals surface area contributed by atoms with Crippen molar-refractivity contribution in [1.82, 2.24) is 15.6 Å². The molecule has 2 N–H and O–H groups in total. The maximum Gasteiger partial charge on any atom is 0.229 e. The molecule has 1 atom stereocenters. The van der Waals surface area contributed by atoms with Gasteiger partial charge in [0, 0.05) is 36.3 Å². The van der Waals surface area contributed by atoms with E-state index in [9.17, 15) is 4.79 Å². The van der Waals surface area contributed by atoms with Crippen LogP contribution in [0.25, 0.3) is 0 Å². The number of hydrogen-bond acceptors (Lipinski definition) is 4. The zero-order chi connectivity index (χ0) is 15.8. The Balaban J connectivity index is 1.57. The van der Waals surface area contributed by atoms with E-state index in [2.05, 4.69) is 15.6 Å². The van der Waals surface area contributed by atoms with Crippen LogP contribution in [0.1, 0.15) is 32.3 Å². The third kappa shape index (κ3) is 2.95. The van der Waals surface area contributed by atoms with E-state index in [-0.39, 0.29) is 11.9 Å². The molecule has 1 amide bonds. The zero-order valence-electron chi connectivity index (χ0n) is 13.6. The Morgan fingerprint density at radius 3 is 3.00 bits per heavy atom. The van der Waals surface area contributed by atoms with Crippen molar-refractivity contribution in [2.45, 2.75) is 39.7 Å². The van der Waals surface area contributed by atoms with Crippen LogP contribution < -0.4 is 15.4 Å². The smallest absolute Gasteiger partial charge is 0.229 e. The molecule has 22 heavy (non-hydrogen) atoms. The summed E-state index contributed by atoms with van der Waals surface area (Å²) in [5.74, 6) is 0.658. The van der Waals surface area contributed by atoms with Crippen molar-refractivity contribution < 1.29 is 9.53 Å². The molecule has 1 aromatic rings. The van der Waals surface area contributed by atoms with Gasteiger partial charge in [0.15, 0.2) is 0 Å². The number of carbonyl (C=O) groups excluding carboxylic acids is 1. The van der Waals surface area contributed by atoms with Crippen molar-refractivity contribution in [3.63, 3.8) is 0 Å². The lowest BCUT2D eigenvalue weighted by atomic mass is 9.91. The van der Waals surface area contributed by atoms with Gasteiger partial charge in [-0.1, -0.05) is 6.07 Å². The van der Waals surface area contributed by atoms with Gasteiger partial charge in [0.2, 0.25) is 11.8 Å². The van der Waals surface area contributed by atoms with E-state index in [1.165, 1.54) is 12.8 Å². The van der Waals surface area contributed by atoms with Crippen molar-refractivity contribution in [2.24, 2.45) is 10.8 Å². The zero-order valence-corrected chi connectivity index (χ0v) is 13.6. The average molecular weight is 303 g/mol. The molecule has 0 bridgehead atoms. The Hall–Kier alpha value is -1.62. The number of aromatic nitrogens is 1. The molecule has 0 radical (unpaired) electrons. The second kappa shape index (κ2) is 5.54. The third-order valence-electron chi connectivity index (χ3n) is 4.91. The monoisotopic (exact) mass is 303 g/mol. The Kier molecular flexibility index (Phi) is 3.85. The van der Waals surface area contributed by atoms with Gasteiger partial charge in [-0.2, -0.15) is 0 Å². The quantitative estimate of drug-likeness (QED) is 0.868. The molecular weight excluding hydrogens is 278 g/mol. The molecule has 2 aliphatic rings. The van der Waals surface area contributed by atoms with E-state index >= 15 is 0 Å². The molecule has 1 spiro atoms. The number of nitrogens with zero attached hydrogens (tertiary/aromatic N) is 1. The minimum Gasteiger partial charge on any atom is -0.476 e. The van der Waals surface area contributed by atoms with E-state index in [1.807, 2.05) is 32.9 Å². The van der Waals surface area contributed by atoms with Crippen molar-refractivity contribution in [2.75, 3.05) is 19.7 Å². The Morgan fingerprint density at radius 1 is 1.55 bits per heavy atom. The maximum atomic E-state index is 12.6. The first kappa shape index (κ1) is 15.3. The van der Waals surface area contributed by atoms with Crippen LogP contribution in [-0.2, 0) is 4.79 Å². The highest BCUT2D eigenvalue weighted by atomic mass is 16.5. The number of rotatable bonds is 5. The first-order valence-corrected chi connectivity index (χ1v) is 7.99. The minimum absolute atomic E-state index is 0.0565.